The highest BCUT2D eigenvalue weighted by Crippen LogP contribution is 2.28. The molecule has 47 heavy (non-hydrogen) atoms. The topological polar surface area (TPSA) is 256 Å². The Labute approximate surface area is 262 Å². The highest BCUT2D eigenvalue weighted by atomic mass is 16.6. The van der Waals surface area contributed by atoms with Crippen LogP contribution in [0, 0.1) is 20.2 Å². The Morgan fingerprint density at radius 1 is 0.723 bits per heavy atom. The van der Waals surface area contributed by atoms with E-state index in [2.05, 4.69) is 25.6 Å². The highest BCUT2D eigenvalue weighted by Gasteiger charge is 2.24. The number of benzene rings is 2. The van der Waals surface area contributed by atoms with Crippen LogP contribution in [-0.2, 0) is 0 Å². The highest BCUT2D eigenvalue weighted by molar-refractivity contribution is 5.96. The van der Waals surface area contributed by atoms with Gasteiger partial charge < -0.3 is 15.1 Å². The molecule has 0 aliphatic rings. The van der Waals surface area contributed by atoms with Crippen LogP contribution in [0.15, 0.2) is 60.9 Å². The van der Waals surface area contributed by atoms with Crippen LogP contribution in [0.25, 0.3) is 34.2 Å². The first kappa shape index (κ1) is 31.5. The fourth-order valence-corrected chi connectivity index (χ4v) is 4.61. The first-order chi connectivity index (χ1) is 22.4. The predicted octanol–water partition coefficient (Wildman–Crippen LogP) is 3.27. The molecule has 0 bridgehead atoms. The van der Waals surface area contributed by atoms with E-state index < -0.39 is 44.3 Å². The Balaban J connectivity index is 1.58. The largest absolute Gasteiger partial charge is 0.477 e. The second-order valence-electron chi connectivity index (χ2n) is 9.73. The van der Waals surface area contributed by atoms with Gasteiger partial charge in [-0.2, -0.15) is 0 Å². The van der Waals surface area contributed by atoms with Crippen molar-refractivity contribution in [3.8, 4) is 34.2 Å². The molecule has 2 aromatic carbocycles. The molecule has 3 heterocycles. The zero-order valence-electron chi connectivity index (χ0n) is 24.4. The monoisotopic (exact) mass is 642 g/mol. The summed E-state index contributed by atoms with van der Waals surface area (Å²) in [5.74, 6) is -3.28. The summed E-state index contributed by atoms with van der Waals surface area (Å²) in [5, 5.41) is 57.7. The van der Waals surface area contributed by atoms with Crippen LogP contribution in [0.1, 0.15) is 44.9 Å². The molecule has 5 aromatic rings. The van der Waals surface area contributed by atoms with Crippen molar-refractivity contribution < 1.29 is 34.4 Å². The van der Waals surface area contributed by atoms with Crippen molar-refractivity contribution in [3.63, 3.8) is 0 Å². The maximum Gasteiger partial charge on any atom is 0.342 e. The van der Waals surface area contributed by atoms with Gasteiger partial charge in [-0.05, 0) is 50.2 Å². The number of nitro groups is 2. The summed E-state index contributed by atoms with van der Waals surface area (Å²) in [6.45, 7) is 4.44. The number of aromatic carboxylic acids is 2. The van der Waals surface area contributed by atoms with E-state index in [9.17, 15) is 44.8 Å². The zero-order chi connectivity index (χ0) is 34.0. The third-order valence-electron chi connectivity index (χ3n) is 6.98. The molecule has 3 aromatic heterocycles. The van der Waals surface area contributed by atoms with Gasteiger partial charge in [-0.15, -0.1) is 10.2 Å². The van der Waals surface area contributed by atoms with E-state index in [1.165, 1.54) is 46.0 Å². The zero-order valence-corrected chi connectivity index (χ0v) is 24.4. The number of nitrogens with zero attached hydrogens (tertiary/aromatic N) is 10. The number of rotatable bonds is 11. The van der Waals surface area contributed by atoms with Gasteiger partial charge in [-0.3, -0.25) is 25.0 Å². The van der Waals surface area contributed by atoms with Gasteiger partial charge in [-0.25, -0.2) is 23.9 Å². The van der Waals surface area contributed by atoms with Crippen LogP contribution >= 0.6 is 0 Å². The maximum atomic E-state index is 13.4. The number of nitro benzene ring substituents is 2. The second-order valence-corrected chi connectivity index (χ2v) is 9.73. The van der Waals surface area contributed by atoms with Crippen molar-refractivity contribution in [1.82, 2.24) is 39.9 Å². The Morgan fingerprint density at radius 3 is 1.51 bits per heavy atom. The van der Waals surface area contributed by atoms with E-state index in [4.69, 9.17) is 0 Å². The minimum Gasteiger partial charge on any atom is -0.477 e. The normalized spacial score (nSPS) is 10.9. The van der Waals surface area contributed by atoms with Crippen LogP contribution in [0.4, 0.5) is 11.4 Å². The molecule has 0 fully saturated rings. The van der Waals surface area contributed by atoms with Crippen LogP contribution in [0.3, 0.4) is 0 Å². The third-order valence-corrected chi connectivity index (χ3v) is 6.98. The number of aromatic nitrogens is 7. The molecule has 0 aliphatic heterocycles. The molecule has 2 N–H and O–H groups in total. The standard InChI is InChI=1S/C28H22N10O9/c1-3-34(4-2)26(39)15-9-20(22-13-35(32-30-22)16-5-7-18(27(40)41)24(11-16)37(44)45)29-21(10-15)23-14-36(33-31-23)17-6-8-19(28(42)43)25(12-17)38(46)47/h5-14H,3-4H2,1-2H3,(H,40,41)(H,42,43). The number of pyridine rings is 1. The second kappa shape index (κ2) is 12.6. The average molecular weight is 643 g/mol. The Morgan fingerprint density at radius 2 is 1.15 bits per heavy atom. The molecule has 0 saturated carbocycles. The first-order valence-corrected chi connectivity index (χ1v) is 13.6. The quantitative estimate of drug-likeness (QED) is 0.155. The van der Waals surface area contributed by atoms with Gasteiger partial charge in [0, 0.05) is 30.8 Å². The summed E-state index contributed by atoms with van der Waals surface area (Å²) >= 11 is 0. The number of carboxylic acids is 2. The van der Waals surface area contributed by atoms with Crippen molar-refractivity contribution in [1.29, 1.82) is 0 Å². The van der Waals surface area contributed by atoms with E-state index in [0.29, 0.717) is 13.1 Å². The lowest BCUT2D eigenvalue weighted by Gasteiger charge is -2.19. The minimum absolute atomic E-state index is 0.141. The van der Waals surface area contributed by atoms with E-state index in [0.717, 1.165) is 24.3 Å². The molecule has 1 amide bonds. The van der Waals surface area contributed by atoms with Crippen LogP contribution in [0.2, 0.25) is 0 Å². The van der Waals surface area contributed by atoms with Gasteiger partial charge >= 0.3 is 11.9 Å². The summed E-state index contributed by atoms with van der Waals surface area (Å²) in [4.78, 5) is 63.7. The number of hydrogen-bond acceptors (Lipinski definition) is 12. The fourth-order valence-electron chi connectivity index (χ4n) is 4.61. The lowest BCUT2D eigenvalue weighted by atomic mass is 10.1. The van der Waals surface area contributed by atoms with Crippen molar-refractivity contribution in [2.75, 3.05) is 13.1 Å². The van der Waals surface area contributed by atoms with Gasteiger partial charge in [-0.1, -0.05) is 10.4 Å². The maximum absolute atomic E-state index is 13.4. The van der Waals surface area contributed by atoms with Crippen molar-refractivity contribution in [3.05, 3.63) is 97.8 Å². The van der Waals surface area contributed by atoms with E-state index in [1.807, 2.05) is 13.8 Å². The number of hydrogen-bond donors (Lipinski definition) is 2. The number of amides is 1. The molecular weight excluding hydrogens is 620 g/mol. The first-order valence-electron chi connectivity index (χ1n) is 13.6. The van der Waals surface area contributed by atoms with E-state index in [-0.39, 0.29) is 45.6 Å². The summed E-state index contributed by atoms with van der Waals surface area (Å²) in [6.07, 6.45) is 2.77. The minimum atomic E-state index is -1.47. The summed E-state index contributed by atoms with van der Waals surface area (Å²) in [7, 11) is 0. The lowest BCUT2D eigenvalue weighted by Crippen LogP contribution is -2.30. The molecule has 0 spiro atoms. The Kier molecular flexibility index (Phi) is 8.44. The molecule has 0 aliphatic carbocycles. The molecule has 0 unspecified atom stereocenters. The molecule has 19 nitrogen and oxygen atoms in total. The number of carboxylic acid groups (broad SMARTS) is 2. The molecular formula is C28H22N10O9. The number of carbonyl (C=O) groups is 3. The molecule has 238 valence electrons. The molecule has 19 heteroatoms. The van der Waals surface area contributed by atoms with Crippen LogP contribution < -0.4 is 0 Å². The summed E-state index contributed by atoms with van der Waals surface area (Å²) < 4.78 is 2.36. The van der Waals surface area contributed by atoms with Gasteiger partial charge in [0.1, 0.15) is 22.5 Å². The molecule has 0 atom stereocenters. The predicted molar refractivity (Wildman–Crippen MR) is 159 cm³/mol. The van der Waals surface area contributed by atoms with Gasteiger partial charge in [0.15, 0.2) is 0 Å². The van der Waals surface area contributed by atoms with E-state index >= 15 is 0 Å². The van der Waals surface area contributed by atoms with Crippen molar-refractivity contribution in [2.24, 2.45) is 0 Å². The van der Waals surface area contributed by atoms with Crippen LogP contribution in [0.5, 0.6) is 0 Å². The van der Waals surface area contributed by atoms with E-state index in [1.54, 1.807) is 4.90 Å². The van der Waals surface area contributed by atoms with Crippen molar-refractivity contribution in [2.45, 2.75) is 13.8 Å². The lowest BCUT2D eigenvalue weighted by molar-refractivity contribution is -0.385. The van der Waals surface area contributed by atoms with Gasteiger partial charge in [0.25, 0.3) is 17.3 Å². The third kappa shape index (κ3) is 6.20. The van der Waals surface area contributed by atoms with Crippen LogP contribution in [-0.4, -0.2) is 90.9 Å². The average Bonchev–Trinajstić information content (AvgIpc) is 3.76. The Hall–Kier alpha value is -6.92. The fraction of sp³-hybridized carbons (Fsp3) is 0.143. The summed E-state index contributed by atoms with van der Waals surface area (Å²) in [6, 6.07) is 9.81. The molecule has 0 saturated heterocycles. The number of carbonyl (C=O) groups excluding carboxylic acids is 1. The molecule has 5 rings (SSSR count). The molecule has 0 radical (unpaired) electrons. The summed E-state index contributed by atoms with van der Waals surface area (Å²) in [5.41, 5.74) is -1.19. The van der Waals surface area contributed by atoms with Gasteiger partial charge in [0.05, 0.1) is 45.0 Å². The SMILES string of the molecule is CCN(CC)C(=O)c1cc(-c2cn(-c3ccc(C(=O)O)c([N+](=O)[O-])c3)nn2)nc(-c2cn(-c3ccc(C(=O)O)c([N+](=O)[O-])c3)nn2)c1. The smallest absolute Gasteiger partial charge is 0.342 e. The van der Waals surface area contributed by atoms with Crippen molar-refractivity contribution >= 4 is 29.2 Å². The van der Waals surface area contributed by atoms with Gasteiger partial charge in [0.2, 0.25) is 0 Å². The Bertz CT molecular complexity index is 1950.